The lowest BCUT2D eigenvalue weighted by molar-refractivity contribution is 0.163. The summed E-state index contributed by atoms with van der Waals surface area (Å²) in [7, 11) is 1.58. The highest BCUT2D eigenvalue weighted by Crippen LogP contribution is 2.29. The summed E-state index contributed by atoms with van der Waals surface area (Å²) in [6, 6.07) is 5.30. The zero-order chi connectivity index (χ0) is 12.8. The molecule has 0 spiro atoms. The molecule has 0 aliphatic carbocycles. The fraction of sp³-hybridized carbons (Fsp3) is 0.538. The fourth-order valence-corrected chi connectivity index (χ4v) is 1.40. The Balaban J connectivity index is 2.85. The van der Waals surface area contributed by atoms with Crippen LogP contribution in [0.4, 0.5) is 0 Å². The van der Waals surface area contributed by atoms with E-state index in [9.17, 15) is 5.11 Å². The molecule has 4 heteroatoms. The number of hydrogen-bond acceptors (Lipinski definition) is 4. The van der Waals surface area contributed by atoms with E-state index in [1.54, 1.807) is 32.2 Å². The largest absolute Gasteiger partial charge is 0.497 e. The molecule has 0 saturated carbocycles. The first-order valence-corrected chi connectivity index (χ1v) is 5.68. The Bertz CT molecular complexity index is 349. The molecule has 0 saturated heterocycles. The van der Waals surface area contributed by atoms with Gasteiger partial charge in [-0.2, -0.15) is 0 Å². The van der Waals surface area contributed by atoms with Crippen molar-refractivity contribution in [1.29, 1.82) is 0 Å². The minimum atomic E-state index is -0.597. The Labute approximate surface area is 102 Å². The van der Waals surface area contributed by atoms with Crippen LogP contribution in [0.25, 0.3) is 0 Å². The molecule has 0 fully saturated rings. The molecule has 1 rings (SSSR count). The zero-order valence-corrected chi connectivity index (χ0v) is 10.5. The van der Waals surface area contributed by atoms with Crippen LogP contribution in [0.3, 0.4) is 0 Å². The third-order valence-corrected chi connectivity index (χ3v) is 2.51. The summed E-state index contributed by atoms with van der Waals surface area (Å²) in [6.07, 6.45) is -0.597. The topological polar surface area (TPSA) is 58.9 Å². The third-order valence-electron chi connectivity index (χ3n) is 2.51. The molecule has 0 bridgehead atoms. The lowest BCUT2D eigenvalue weighted by Gasteiger charge is -2.16. The predicted molar refractivity (Wildman–Crippen MR) is 65.4 cm³/mol. The standard InChI is InChI=1S/C13H20O4/c1-9(7-14)8-17-13-6-11(16-3)4-5-12(13)10(2)15/h4-6,9-10,14-15H,7-8H2,1-3H3/t9?,10-/m0/s1. The van der Waals surface area contributed by atoms with Crippen molar-refractivity contribution >= 4 is 0 Å². The molecule has 0 aliphatic rings. The summed E-state index contributed by atoms with van der Waals surface area (Å²) in [6.45, 7) is 4.06. The second-order valence-corrected chi connectivity index (χ2v) is 4.18. The maximum Gasteiger partial charge on any atom is 0.128 e. The third kappa shape index (κ3) is 3.91. The highest BCUT2D eigenvalue weighted by Gasteiger charge is 2.11. The Hall–Kier alpha value is -1.26. The van der Waals surface area contributed by atoms with Crippen LogP contribution < -0.4 is 9.47 Å². The molecule has 1 aromatic rings. The van der Waals surface area contributed by atoms with Gasteiger partial charge in [0.1, 0.15) is 11.5 Å². The van der Waals surface area contributed by atoms with E-state index in [2.05, 4.69) is 0 Å². The summed E-state index contributed by atoms with van der Waals surface area (Å²) in [5, 5.41) is 18.6. The molecule has 1 unspecified atom stereocenters. The van der Waals surface area contributed by atoms with E-state index in [0.717, 1.165) is 5.56 Å². The van der Waals surface area contributed by atoms with Crippen molar-refractivity contribution in [1.82, 2.24) is 0 Å². The minimum Gasteiger partial charge on any atom is -0.497 e. The van der Waals surface area contributed by atoms with Gasteiger partial charge in [0.05, 0.1) is 19.8 Å². The quantitative estimate of drug-likeness (QED) is 0.795. The Kier molecular flexibility index (Phi) is 5.25. The molecule has 0 aliphatic heterocycles. The van der Waals surface area contributed by atoms with Crippen molar-refractivity contribution in [2.75, 3.05) is 20.3 Å². The van der Waals surface area contributed by atoms with E-state index in [4.69, 9.17) is 14.6 Å². The van der Waals surface area contributed by atoms with Gasteiger partial charge in [-0.15, -0.1) is 0 Å². The molecule has 0 radical (unpaired) electrons. The van der Waals surface area contributed by atoms with E-state index < -0.39 is 6.10 Å². The maximum atomic E-state index is 9.62. The molecule has 0 aromatic heterocycles. The number of aliphatic hydroxyl groups excluding tert-OH is 2. The van der Waals surface area contributed by atoms with E-state index in [1.165, 1.54) is 0 Å². The van der Waals surface area contributed by atoms with Crippen molar-refractivity contribution in [3.05, 3.63) is 23.8 Å². The van der Waals surface area contributed by atoms with Crippen molar-refractivity contribution in [3.63, 3.8) is 0 Å². The van der Waals surface area contributed by atoms with E-state index in [0.29, 0.717) is 18.1 Å². The molecular formula is C13H20O4. The lowest BCUT2D eigenvalue weighted by Crippen LogP contribution is -2.13. The number of ether oxygens (including phenoxy) is 2. The highest BCUT2D eigenvalue weighted by molar-refractivity contribution is 5.41. The molecule has 0 heterocycles. The summed E-state index contributed by atoms with van der Waals surface area (Å²) < 4.78 is 10.7. The number of methoxy groups -OCH3 is 1. The van der Waals surface area contributed by atoms with Gasteiger partial charge < -0.3 is 19.7 Å². The van der Waals surface area contributed by atoms with Crippen LogP contribution in [0.15, 0.2) is 18.2 Å². The van der Waals surface area contributed by atoms with Gasteiger partial charge >= 0.3 is 0 Å². The van der Waals surface area contributed by atoms with Crippen molar-refractivity contribution in [3.8, 4) is 11.5 Å². The lowest BCUT2D eigenvalue weighted by atomic mass is 10.1. The van der Waals surface area contributed by atoms with Gasteiger partial charge in [-0.05, 0) is 19.1 Å². The van der Waals surface area contributed by atoms with Gasteiger partial charge in [0, 0.05) is 24.2 Å². The molecular weight excluding hydrogens is 220 g/mol. The van der Waals surface area contributed by atoms with Gasteiger partial charge in [0.2, 0.25) is 0 Å². The first-order valence-electron chi connectivity index (χ1n) is 5.68. The molecule has 4 nitrogen and oxygen atoms in total. The van der Waals surface area contributed by atoms with E-state index in [-0.39, 0.29) is 12.5 Å². The summed E-state index contributed by atoms with van der Waals surface area (Å²) in [4.78, 5) is 0. The van der Waals surface area contributed by atoms with Crippen LogP contribution in [0.2, 0.25) is 0 Å². The highest BCUT2D eigenvalue weighted by atomic mass is 16.5. The maximum absolute atomic E-state index is 9.62. The molecule has 0 amide bonds. The Morgan fingerprint density at radius 3 is 2.53 bits per heavy atom. The Morgan fingerprint density at radius 2 is 2.00 bits per heavy atom. The normalized spacial score (nSPS) is 14.2. The molecule has 2 atom stereocenters. The second kappa shape index (κ2) is 6.47. The first kappa shape index (κ1) is 13.8. The van der Waals surface area contributed by atoms with Crippen molar-refractivity contribution < 1.29 is 19.7 Å². The molecule has 17 heavy (non-hydrogen) atoms. The van der Waals surface area contributed by atoms with Gasteiger partial charge in [-0.3, -0.25) is 0 Å². The predicted octanol–water partition coefficient (Wildman–Crippen LogP) is 1.76. The molecule has 2 N–H and O–H groups in total. The number of aliphatic hydroxyl groups is 2. The monoisotopic (exact) mass is 240 g/mol. The van der Waals surface area contributed by atoms with Gasteiger partial charge in [0.25, 0.3) is 0 Å². The van der Waals surface area contributed by atoms with Gasteiger partial charge in [-0.1, -0.05) is 6.92 Å². The summed E-state index contributed by atoms with van der Waals surface area (Å²) >= 11 is 0. The number of hydrogen-bond donors (Lipinski definition) is 2. The first-order chi connectivity index (χ1) is 8.08. The van der Waals surface area contributed by atoms with Crippen LogP contribution in [0.5, 0.6) is 11.5 Å². The van der Waals surface area contributed by atoms with Crippen molar-refractivity contribution in [2.45, 2.75) is 20.0 Å². The van der Waals surface area contributed by atoms with Crippen molar-refractivity contribution in [2.24, 2.45) is 5.92 Å². The second-order valence-electron chi connectivity index (χ2n) is 4.18. The number of rotatable bonds is 6. The van der Waals surface area contributed by atoms with Crippen LogP contribution in [0, 0.1) is 5.92 Å². The average Bonchev–Trinajstić information content (AvgIpc) is 2.35. The number of benzene rings is 1. The smallest absolute Gasteiger partial charge is 0.128 e. The van der Waals surface area contributed by atoms with E-state index >= 15 is 0 Å². The SMILES string of the molecule is COc1ccc([C@H](C)O)c(OCC(C)CO)c1. The minimum absolute atomic E-state index is 0.0584. The van der Waals surface area contributed by atoms with Crippen LogP contribution in [0.1, 0.15) is 25.5 Å². The van der Waals surface area contributed by atoms with Crippen LogP contribution >= 0.6 is 0 Å². The summed E-state index contributed by atoms with van der Waals surface area (Å²) in [5.41, 5.74) is 0.718. The van der Waals surface area contributed by atoms with Crippen LogP contribution in [-0.4, -0.2) is 30.5 Å². The molecule has 1 aromatic carbocycles. The van der Waals surface area contributed by atoms with Gasteiger partial charge in [0.15, 0.2) is 0 Å². The van der Waals surface area contributed by atoms with Crippen LogP contribution in [-0.2, 0) is 0 Å². The zero-order valence-electron chi connectivity index (χ0n) is 10.5. The fourth-order valence-electron chi connectivity index (χ4n) is 1.40. The van der Waals surface area contributed by atoms with E-state index in [1.807, 2.05) is 6.92 Å². The molecule has 96 valence electrons. The summed E-state index contributed by atoms with van der Waals surface area (Å²) in [5.74, 6) is 1.34. The Morgan fingerprint density at radius 1 is 1.29 bits per heavy atom. The average molecular weight is 240 g/mol. The van der Waals surface area contributed by atoms with Gasteiger partial charge in [-0.25, -0.2) is 0 Å².